The van der Waals surface area contributed by atoms with Crippen LogP contribution in [0, 0.1) is 0 Å². The third-order valence-corrected chi connectivity index (χ3v) is 5.52. The average molecular weight is 410 g/mol. The van der Waals surface area contributed by atoms with Crippen molar-refractivity contribution in [2.75, 3.05) is 16.8 Å². The topological polar surface area (TPSA) is 78.1 Å². The highest BCUT2D eigenvalue weighted by molar-refractivity contribution is 5.95. The SMILES string of the molecule is O=C(Cc1ccc(N2CCCC2=O)cc1)Nc1ccc(-c2nc3ccccc3[nH]2)cc1. The lowest BCUT2D eigenvalue weighted by Crippen LogP contribution is -2.23. The first-order valence-corrected chi connectivity index (χ1v) is 10.4. The van der Waals surface area contributed by atoms with Crippen molar-refractivity contribution in [3.8, 4) is 11.4 Å². The minimum atomic E-state index is -0.0820. The van der Waals surface area contributed by atoms with E-state index in [1.165, 1.54) is 0 Å². The van der Waals surface area contributed by atoms with Crippen molar-refractivity contribution < 1.29 is 9.59 Å². The van der Waals surface area contributed by atoms with E-state index >= 15 is 0 Å². The molecule has 0 radical (unpaired) electrons. The Morgan fingerprint density at radius 2 is 1.77 bits per heavy atom. The third-order valence-electron chi connectivity index (χ3n) is 5.52. The quantitative estimate of drug-likeness (QED) is 0.507. The number of carbonyl (C=O) groups excluding carboxylic acids is 2. The Hall–Kier alpha value is -3.93. The molecule has 6 heteroatoms. The number of amides is 2. The van der Waals surface area contributed by atoms with Gasteiger partial charge in [-0.1, -0.05) is 24.3 Å². The fraction of sp³-hybridized carbons (Fsp3) is 0.160. The summed E-state index contributed by atoms with van der Waals surface area (Å²) in [5, 5.41) is 2.94. The van der Waals surface area contributed by atoms with Gasteiger partial charge in [0, 0.05) is 29.9 Å². The van der Waals surface area contributed by atoms with Gasteiger partial charge in [-0.15, -0.1) is 0 Å². The van der Waals surface area contributed by atoms with Gasteiger partial charge in [-0.3, -0.25) is 9.59 Å². The van der Waals surface area contributed by atoms with E-state index in [2.05, 4.69) is 15.3 Å². The number of hydrogen-bond acceptors (Lipinski definition) is 3. The molecule has 0 unspecified atom stereocenters. The molecule has 2 amide bonds. The molecule has 0 atom stereocenters. The molecule has 1 aliphatic rings. The predicted molar refractivity (Wildman–Crippen MR) is 122 cm³/mol. The number of hydrogen-bond donors (Lipinski definition) is 2. The van der Waals surface area contributed by atoms with Crippen LogP contribution in [0.15, 0.2) is 72.8 Å². The van der Waals surface area contributed by atoms with Gasteiger partial charge in [0.15, 0.2) is 0 Å². The molecular weight excluding hydrogens is 388 g/mol. The van der Waals surface area contributed by atoms with Crippen LogP contribution in [0.5, 0.6) is 0 Å². The smallest absolute Gasteiger partial charge is 0.228 e. The van der Waals surface area contributed by atoms with Crippen molar-refractivity contribution in [2.24, 2.45) is 0 Å². The van der Waals surface area contributed by atoms with Gasteiger partial charge >= 0.3 is 0 Å². The number of fused-ring (bicyclic) bond motifs is 1. The largest absolute Gasteiger partial charge is 0.338 e. The molecule has 2 heterocycles. The fourth-order valence-electron chi connectivity index (χ4n) is 3.91. The van der Waals surface area contributed by atoms with Crippen molar-refractivity contribution in [1.82, 2.24) is 9.97 Å². The van der Waals surface area contributed by atoms with Gasteiger partial charge in [-0.05, 0) is 60.5 Å². The molecule has 1 fully saturated rings. The number of nitrogens with zero attached hydrogens (tertiary/aromatic N) is 2. The highest BCUT2D eigenvalue weighted by Gasteiger charge is 2.21. The van der Waals surface area contributed by atoms with Crippen molar-refractivity contribution in [1.29, 1.82) is 0 Å². The maximum atomic E-state index is 12.5. The molecule has 1 aliphatic heterocycles. The number of H-pyrrole nitrogens is 1. The molecule has 1 saturated heterocycles. The van der Waals surface area contributed by atoms with E-state index < -0.39 is 0 Å². The van der Waals surface area contributed by atoms with Crippen molar-refractivity contribution >= 4 is 34.2 Å². The molecule has 0 spiro atoms. The zero-order valence-electron chi connectivity index (χ0n) is 17.0. The van der Waals surface area contributed by atoms with Crippen LogP contribution < -0.4 is 10.2 Å². The lowest BCUT2D eigenvalue weighted by Gasteiger charge is -2.15. The Balaban J connectivity index is 1.22. The maximum Gasteiger partial charge on any atom is 0.228 e. The van der Waals surface area contributed by atoms with Crippen LogP contribution in [0.2, 0.25) is 0 Å². The predicted octanol–water partition coefficient (Wildman–Crippen LogP) is 4.54. The summed E-state index contributed by atoms with van der Waals surface area (Å²) < 4.78 is 0. The zero-order valence-corrected chi connectivity index (χ0v) is 17.0. The number of carbonyl (C=O) groups is 2. The van der Waals surface area contributed by atoms with Crippen LogP contribution in [-0.2, 0) is 16.0 Å². The minimum Gasteiger partial charge on any atom is -0.338 e. The summed E-state index contributed by atoms with van der Waals surface area (Å²) in [6.07, 6.45) is 1.79. The highest BCUT2D eigenvalue weighted by atomic mass is 16.2. The van der Waals surface area contributed by atoms with E-state index in [1.807, 2.05) is 72.8 Å². The summed E-state index contributed by atoms with van der Waals surface area (Å²) in [5.41, 5.74) is 5.43. The zero-order chi connectivity index (χ0) is 21.2. The van der Waals surface area contributed by atoms with Crippen LogP contribution in [-0.4, -0.2) is 28.3 Å². The minimum absolute atomic E-state index is 0.0820. The van der Waals surface area contributed by atoms with E-state index in [1.54, 1.807) is 4.90 Å². The first-order valence-electron chi connectivity index (χ1n) is 10.4. The van der Waals surface area contributed by atoms with Gasteiger partial charge in [0.25, 0.3) is 0 Å². The molecule has 1 aromatic heterocycles. The monoisotopic (exact) mass is 410 g/mol. The van der Waals surface area contributed by atoms with Crippen LogP contribution in [0.25, 0.3) is 22.4 Å². The summed E-state index contributed by atoms with van der Waals surface area (Å²) >= 11 is 0. The van der Waals surface area contributed by atoms with Crippen LogP contribution in [0.1, 0.15) is 18.4 Å². The molecule has 31 heavy (non-hydrogen) atoms. The number of rotatable bonds is 5. The van der Waals surface area contributed by atoms with Gasteiger partial charge in [-0.25, -0.2) is 4.98 Å². The van der Waals surface area contributed by atoms with Gasteiger partial charge < -0.3 is 15.2 Å². The Bertz CT molecular complexity index is 1210. The first kappa shape index (κ1) is 19.1. The normalized spacial score (nSPS) is 13.7. The average Bonchev–Trinajstić information content (AvgIpc) is 3.41. The van der Waals surface area contributed by atoms with Crippen molar-refractivity contribution in [3.05, 3.63) is 78.4 Å². The third kappa shape index (κ3) is 4.05. The standard InChI is InChI=1S/C25H22N4O2/c30-23(16-17-7-13-20(14-8-17)29-15-3-6-24(29)31)26-19-11-9-18(10-12-19)25-27-21-4-1-2-5-22(21)28-25/h1-2,4-5,7-14H,3,6,15-16H2,(H,26,30)(H,27,28). The van der Waals surface area contributed by atoms with Gasteiger partial charge in [0.2, 0.25) is 11.8 Å². The number of benzene rings is 3. The van der Waals surface area contributed by atoms with Crippen LogP contribution >= 0.6 is 0 Å². The summed E-state index contributed by atoms with van der Waals surface area (Å²) in [5.74, 6) is 0.883. The summed E-state index contributed by atoms with van der Waals surface area (Å²) in [7, 11) is 0. The Labute approximate surface area is 179 Å². The van der Waals surface area contributed by atoms with Crippen LogP contribution in [0.4, 0.5) is 11.4 Å². The van der Waals surface area contributed by atoms with Gasteiger partial charge in [0.05, 0.1) is 17.5 Å². The maximum absolute atomic E-state index is 12.5. The number of aromatic nitrogens is 2. The number of anilines is 2. The molecule has 0 saturated carbocycles. The van der Waals surface area contributed by atoms with Gasteiger partial charge in [-0.2, -0.15) is 0 Å². The highest BCUT2D eigenvalue weighted by Crippen LogP contribution is 2.23. The van der Waals surface area contributed by atoms with Crippen molar-refractivity contribution in [2.45, 2.75) is 19.3 Å². The lowest BCUT2D eigenvalue weighted by molar-refractivity contribution is -0.117. The van der Waals surface area contributed by atoms with Crippen LogP contribution in [0.3, 0.4) is 0 Å². The van der Waals surface area contributed by atoms with E-state index in [0.717, 1.165) is 52.3 Å². The van der Waals surface area contributed by atoms with E-state index in [4.69, 9.17) is 0 Å². The Morgan fingerprint density at radius 3 is 2.48 bits per heavy atom. The number of para-hydroxylation sites is 2. The lowest BCUT2D eigenvalue weighted by atomic mass is 10.1. The summed E-state index contributed by atoms with van der Waals surface area (Å²) in [4.78, 5) is 34.0. The Kier molecular flexibility index (Phi) is 4.96. The molecule has 0 aliphatic carbocycles. The van der Waals surface area contributed by atoms with Crippen molar-refractivity contribution in [3.63, 3.8) is 0 Å². The molecule has 5 rings (SSSR count). The van der Waals surface area contributed by atoms with Gasteiger partial charge in [0.1, 0.15) is 5.82 Å². The fourth-order valence-corrected chi connectivity index (χ4v) is 3.91. The second kappa shape index (κ2) is 8.07. The summed E-state index contributed by atoms with van der Waals surface area (Å²) in [6, 6.07) is 23.2. The second-order valence-corrected chi connectivity index (χ2v) is 7.72. The Morgan fingerprint density at radius 1 is 1.00 bits per heavy atom. The van der Waals surface area contributed by atoms with E-state index in [0.29, 0.717) is 6.42 Å². The summed E-state index contributed by atoms with van der Waals surface area (Å²) in [6.45, 7) is 0.767. The second-order valence-electron chi connectivity index (χ2n) is 7.72. The number of imidazole rings is 1. The molecule has 4 aromatic rings. The first-order chi connectivity index (χ1) is 15.2. The number of nitrogens with one attached hydrogen (secondary N) is 2. The molecule has 2 N–H and O–H groups in total. The molecule has 0 bridgehead atoms. The van der Waals surface area contributed by atoms with E-state index in [-0.39, 0.29) is 18.2 Å². The molecule has 154 valence electrons. The number of aromatic amines is 1. The molecule has 3 aromatic carbocycles. The molecule has 6 nitrogen and oxygen atoms in total. The van der Waals surface area contributed by atoms with E-state index in [9.17, 15) is 9.59 Å². The molecular formula is C25H22N4O2.